The van der Waals surface area contributed by atoms with Crippen LogP contribution in [0.25, 0.3) is 21.8 Å². The van der Waals surface area contributed by atoms with Gasteiger partial charge in [-0.25, -0.2) is 0 Å². The van der Waals surface area contributed by atoms with E-state index in [0.29, 0.717) is 18.1 Å². The second-order valence-corrected chi connectivity index (χ2v) is 8.46. The lowest BCUT2D eigenvalue weighted by Crippen LogP contribution is -2.56. The second kappa shape index (κ2) is 8.29. The quantitative estimate of drug-likeness (QED) is 0.453. The van der Waals surface area contributed by atoms with Crippen LogP contribution in [-0.4, -0.2) is 55.9 Å². The van der Waals surface area contributed by atoms with Crippen LogP contribution in [0.1, 0.15) is 18.3 Å². The van der Waals surface area contributed by atoms with Gasteiger partial charge in [-0.3, -0.25) is 19.5 Å². The van der Waals surface area contributed by atoms with Gasteiger partial charge in [-0.2, -0.15) is 0 Å². The van der Waals surface area contributed by atoms with Gasteiger partial charge in [0.15, 0.2) is 6.23 Å². The molecule has 1 atom stereocenters. The summed E-state index contributed by atoms with van der Waals surface area (Å²) in [6.07, 6.45) is 2.97. The molecule has 0 bridgehead atoms. The first-order chi connectivity index (χ1) is 15.4. The maximum atomic E-state index is 13.0. The molecule has 0 saturated carbocycles. The number of rotatable bonds is 5. The second-order valence-electron chi connectivity index (χ2n) is 8.03. The Balaban J connectivity index is 1.34. The molecule has 1 aliphatic rings. The zero-order valence-electron chi connectivity index (χ0n) is 17.5. The molecule has 1 aliphatic heterocycles. The SMILES string of the molecule is CC(=O)OC1CN(Cc2cc3cnccc3[nH]2)C(=O)CN1Cc1cc2cc(Cl)ccc2[nH]1. The van der Waals surface area contributed by atoms with Gasteiger partial charge in [0.25, 0.3) is 0 Å². The van der Waals surface area contributed by atoms with Gasteiger partial charge in [0, 0.05) is 64.1 Å². The van der Waals surface area contributed by atoms with Crippen molar-refractivity contribution in [2.45, 2.75) is 26.2 Å². The van der Waals surface area contributed by atoms with E-state index in [9.17, 15) is 9.59 Å². The van der Waals surface area contributed by atoms with Crippen LogP contribution in [0.5, 0.6) is 0 Å². The Morgan fingerprint density at radius 2 is 1.88 bits per heavy atom. The summed E-state index contributed by atoms with van der Waals surface area (Å²) in [4.78, 5) is 39.1. The van der Waals surface area contributed by atoms with E-state index < -0.39 is 6.23 Å². The molecule has 2 N–H and O–H groups in total. The molecule has 4 aromatic rings. The molecule has 4 heterocycles. The van der Waals surface area contributed by atoms with Crippen LogP contribution in [0, 0.1) is 0 Å². The Labute approximate surface area is 189 Å². The average molecular weight is 452 g/mol. The van der Waals surface area contributed by atoms with Crippen molar-refractivity contribution in [3.05, 3.63) is 65.2 Å². The van der Waals surface area contributed by atoms with Gasteiger partial charge in [0.2, 0.25) is 5.91 Å². The third-order valence-corrected chi connectivity index (χ3v) is 5.86. The minimum Gasteiger partial charge on any atom is -0.445 e. The van der Waals surface area contributed by atoms with Crippen molar-refractivity contribution < 1.29 is 14.3 Å². The third-order valence-electron chi connectivity index (χ3n) is 5.63. The van der Waals surface area contributed by atoms with Crippen molar-refractivity contribution >= 4 is 45.3 Å². The van der Waals surface area contributed by atoms with Crippen molar-refractivity contribution in [2.24, 2.45) is 0 Å². The van der Waals surface area contributed by atoms with Crippen molar-refractivity contribution in [1.82, 2.24) is 24.8 Å². The van der Waals surface area contributed by atoms with Crippen LogP contribution in [0.15, 0.2) is 48.8 Å². The number of ether oxygens (including phenoxy) is 1. The number of aromatic nitrogens is 3. The molecule has 5 rings (SSSR count). The monoisotopic (exact) mass is 451 g/mol. The summed E-state index contributed by atoms with van der Waals surface area (Å²) in [6.45, 7) is 2.68. The van der Waals surface area contributed by atoms with E-state index in [1.54, 1.807) is 17.3 Å². The fourth-order valence-electron chi connectivity index (χ4n) is 4.19. The number of esters is 1. The molecular formula is C23H22ClN5O3. The van der Waals surface area contributed by atoms with E-state index in [4.69, 9.17) is 16.3 Å². The normalized spacial score (nSPS) is 17.4. The Bertz CT molecular complexity index is 1280. The van der Waals surface area contributed by atoms with Gasteiger partial charge >= 0.3 is 5.97 Å². The van der Waals surface area contributed by atoms with E-state index in [1.807, 2.05) is 41.3 Å². The topological polar surface area (TPSA) is 94.3 Å². The number of carbonyl (C=O) groups excluding carboxylic acids is 2. The van der Waals surface area contributed by atoms with Gasteiger partial charge in [0.05, 0.1) is 19.6 Å². The number of amides is 1. The fourth-order valence-corrected chi connectivity index (χ4v) is 4.37. The summed E-state index contributed by atoms with van der Waals surface area (Å²) in [5.41, 5.74) is 3.76. The minimum absolute atomic E-state index is 0.0238. The number of aromatic amines is 2. The Hall–Kier alpha value is -3.36. The molecule has 3 aromatic heterocycles. The van der Waals surface area contributed by atoms with Crippen LogP contribution in [-0.2, 0) is 27.4 Å². The standard InChI is InChI=1S/C23H22ClN5O3/c1-14(30)32-23-13-28(10-19-8-16-9-25-5-4-21(16)27-19)22(31)12-29(23)11-18-7-15-6-17(24)2-3-20(15)26-18/h2-9,23,26-27H,10-13H2,1H3. The number of fused-ring (bicyclic) bond motifs is 2. The largest absolute Gasteiger partial charge is 0.445 e. The van der Waals surface area contributed by atoms with Crippen LogP contribution >= 0.6 is 11.6 Å². The predicted molar refractivity (Wildman–Crippen MR) is 121 cm³/mol. The molecule has 1 unspecified atom stereocenters. The highest BCUT2D eigenvalue weighted by atomic mass is 35.5. The number of hydrogen-bond acceptors (Lipinski definition) is 5. The van der Waals surface area contributed by atoms with Crippen LogP contribution in [0.4, 0.5) is 0 Å². The summed E-state index contributed by atoms with van der Waals surface area (Å²) < 4.78 is 5.58. The van der Waals surface area contributed by atoms with E-state index in [-0.39, 0.29) is 25.0 Å². The first kappa shape index (κ1) is 20.5. The van der Waals surface area contributed by atoms with Gasteiger partial charge in [-0.05, 0) is 36.4 Å². The summed E-state index contributed by atoms with van der Waals surface area (Å²) in [7, 11) is 0. The third kappa shape index (κ3) is 4.19. The molecule has 0 aliphatic carbocycles. The van der Waals surface area contributed by atoms with E-state index in [0.717, 1.165) is 33.2 Å². The summed E-state index contributed by atoms with van der Waals surface area (Å²) in [5, 5.41) is 2.65. The lowest BCUT2D eigenvalue weighted by molar-refractivity contribution is -0.172. The zero-order valence-corrected chi connectivity index (χ0v) is 18.2. The van der Waals surface area contributed by atoms with Crippen LogP contribution in [0.3, 0.4) is 0 Å². The Kier molecular flexibility index (Phi) is 5.32. The van der Waals surface area contributed by atoms with Gasteiger partial charge < -0.3 is 19.6 Å². The average Bonchev–Trinajstić information content (AvgIpc) is 3.33. The first-order valence-corrected chi connectivity index (χ1v) is 10.7. The molecule has 8 nitrogen and oxygen atoms in total. The lowest BCUT2D eigenvalue weighted by Gasteiger charge is -2.39. The highest BCUT2D eigenvalue weighted by Crippen LogP contribution is 2.24. The Morgan fingerprint density at radius 1 is 1.12 bits per heavy atom. The van der Waals surface area contributed by atoms with E-state index in [2.05, 4.69) is 15.0 Å². The van der Waals surface area contributed by atoms with Crippen molar-refractivity contribution in [3.8, 4) is 0 Å². The number of pyridine rings is 1. The van der Waals surface area contributed by atoms with Crippen molar-refractivity contribution in [3.63, 3.8) is 0 Å². The first-order valence-electron chi connectivity index (χ1n) is 10.3. The number of nitrogens with one attached hydrogen (secondary N) is 2. The molecule has 9 heteroatoms. The number of piperazine rings is 1. The maximum Gasteiger partial charge on any atom is 0.304 e. The highest BCUT2D eigenvalue weighted by Gasteiger charge is 2.34. The number of nitrogens with zero attached hydrogens (tertiary/aromatic N) is 3. The molecule has 1 amide bonds. The molecule has 1 fully saturated rings. The summed E-state index contributed by atoms with van der Waals surface area (Å²) in [6, 6.07) is 11.5. The van der Waals surface area contributed by atoms with E-state index >= 15 is 0 Å². The fraction of sp³-hybridized carbons (Fsp3) is 0.261. The molecule has 1 aromatic carbocycles. The minimum atomic E-state index is -0.536. The number of halogens is 1. The molecule has 0 radical (unpaired) electrons. The number of benzene rings is 1. The zero-order chi connectivity index (χ0) is 22.2. The number of H-pyrrole nitrogens is 2. The van der Waals surface area contributed by atoms with Gasteiger partial charge in [0.1, 0.15) is 0 Å². The molecule has 0 spiro atoms. The van der Waals surface area contributed by atoms with Gasteiger partial charge in [-0.15, -0.1) is 0 Å². The maximum absolute atomic E-state index is 13.0. The van der Waals surface area contributed by atoms with Gasteiger partial charge in [-0.1, -0.05) is 11.6 Å². The molecular weight excluding hydrogens is 430 g/mol. The van der Waals surface area contributed by atoms with E-state index in [1.165, 1.54) is 6.92 Å². The lowest BCUT2D eigenvalue weighted by atomic mass is 10.2. The Morgan fingerprint density at radius 3 is 2.66 bits per heavy atom. The summed E-state index contributed by atoms with van der Waals surface area (Å²) in [5.74, 6) is -0.404. The van der Waals surface area contributed by atoms with Crippen LogP contribution in [0.2, 0.25) is 5.02 Å². The smallest absolute Gasteiger partial charge is 0.304 e. The van der Waals surface area contributed by atoms with Crippen LogP contribution < -0.4 is 0 Å². The highest BCUT2D eigenvalue weighted by molar-refractivity contribution is 6.31. The van der Waals surface area contributed by atoms with Crippen molar-refractivity contribution in [1.29, 1.82) is 0 Å². The summed E-state index contributed by atoms with van der Waals surface area (Å²) >= 11 is 6.09. The van der Waals surface area contributed by atoms with Crippen molar-refractivity contribution in [2.75, 3.05) is 13.1 Å². The molecule has 32 heavy (non-hydrogen) atoms. The molecule has 1 saturated heterocycles. The predicted octanol–water partition coefficient (Wildman–Crippen LogP) is 3.43. The molecule has 164 valence electrons. The number of hydrogen-bond donors (Lipinski definition) is 2. The number of carbonyl (C=O) groups is 2.